The molecule has 2 atom stereocenters. The highest BCUT2D eigenvalue weighted by Crippen LogP contribution is 2.29. The first-order chi connectivity index (χ1) is 13.9. The molecule has 7 nitrogen and oxygen atoms in total. The summed E-state index contributed by atoms with van der Waals surface area (Å²) in [5.74, 6) is 1.72. The lowest BCUT2D eigenvalue weighted by Gasteiger charge is -2.38. The summed E-state index contributed by atoms with van der Waals surface area (Å²) < 4.78 is 6.86. The van der Waals surface area contributed by atoms with Gasteiger partial charge in [-0.3, -0.25) is 0 Å². The normalized spacial score (nSPS) is 21.7. The highest BCUT2D eigenvalue weighted by atomic mass is 79.9. The smallest absolute Gasteiger partial charge is 0.322 e. The van der Waals surface area contributed by atoms with Gasteiger partial charge < -0.3 is 19.9 Å². The van der Waals surface area contributed by atoms with E-state index in [9.17, 15) is 4.79 Å². The number of ether oxygens (including phenoxy) is 1. The van der Waals surface area contributed by atoms with E-state index in [1.807, 2.05) is 36.1 Å². The molecule has 2 aromatic rings. The number of hydrogen-bond acceptors (Lipinski definition) is 5. The topological polar surface area (TPSA) is 70.6 Å². The van der Waals surface area contributed by atoms with Crippen molar-refractivity contribution in [3.63, 3.8) is 0 Å². The summed E-state index contributed by atoms with van der Waals surface area (Å²) in [6.07, 6.45) is 1.02. The average molecular weight is 460 g/mol. The second kappa shape index (κ2) is 8.28. The average Bonchev–Trinajstić information content (AvgIpc) is 2.68. The second-order valence-corrected chi connectivity index (χ2v) is 8.71. The van der Waals surface area contributed by atoms with Crippen molar-refractivity contribution in [2.24, 2.45) is 0 Å². The zero-order valence-electron chi connectivity index (χ0n) is 17.0. The molecule has 1 aromatic carbocycles. The molecule has 1 saturated heterocycles. The van der Waals surface area contributed by atoms with Crippen LogP contribution in [0.5, 0.6) is 0 Å². The Kier molecular flexibility index (Phi) is 5.74. The van der Waals surface area contributed by atoms with E-state index in [1.54, 1.807) is 0 Å². The molecule has 1 N–H and O–H groups in total. The van der Waals surface area contributed by atoms with E-state index in [1.165, 1.54) is 0 Å². The molecule has 2 unspecified atom stereocenters. The summed E-state index contributed by atoms with van der Waals surface area (Å²) in [4.78, 5) is 26.4. The minimum absolute atomic E-state index is 0.104. The molecule has 1 aromatic heterocycles. The second-order valence-electron chi connectivity index (χ2n) is 7.79. The van der Waals surface area contributed by atoms with Crippen molar-refractivity contribution in [3.05, 3.63) is 45.8 Å². The van der Waals surface area contributed by atoms with Crippen LogP contribution in [0.3, 0.4) is 0 Å². The molecule has 29 heavy (non-hydrogen) atoms. The van der Waals surface area contributed by atoms with E-state index in [0.29, 0.717) is 13.1 Å². The van der Waals surface area contributed by atoms with Crippen molar-refractivity contribution in [1.82, 2.24) is 14.9 Å². The summed E-state index contributed by atoms with van der Waals surface area (Å²) in [5, 5.41) is 2.99. The van der Waals surface area contributed by atoms with Gasteiger partial charge in [0.15, 0.2) is 0 Å². The Bertz CT molecular complexity index is 895. The van der Waals surface area contributed by atoms with E-state index in [-0.39, 0.29) is 18.2 Å². The van der Waals surface area contributed by atoms with E-state index >= 15 is 0 Å². The number of aromatic nitrogens is 2. The maximum absolute atomic E-state index is 12.8. The fourth-order valence-electron chi connectivity index (χ4n) is 4.04. The Hall–Kier alpha value is -2.19. The van der Waals surface area contributed by atoms with Crippen molar-refractivity contribution >= 4 is 33.5 Å². The zero-order chi connectivity index (χ0) is 20.5. The van der Waals surface area contributed by atoms with Crippen molar-refractivity contribution in [1.29, 1.82) is 0 Å². The van der Waals surface area contributed by atoms with Crippen molar-refractivity contribution in [3.8, 4) is 0 Å². The number of benzene rings is 1. The van der Waals surface area contributed by atoms with Crippen LogP contribution in [0.25, 0.3) is 0 Å². The van der Waals surface area contributed by atoms with Gasteiger partial charge in [-0.25, -0.2) is 14.8 Å². The third kappa shape index (κ3) is 4.53. The Morgan fingerprint density at radius 3 is 2.55 bits per heavy atom. The predicted molar refractivity (Wildman–Crippen MR) is 116 cm³/mol. The molecule has 4 rings (SSSR count). The number of nitrogens with one attached hydrogen (secondary N) is 1. The molecule has 0 spiro atoms. The molecule has 0 aliphatic carbocycles. The van der Waals surface area contributed by atoms with Gasteiger partial charge in [0.25, 0.3) is 0 Å². The van der Waals surface area contributed by atoms with Gasteiger partial charge in [-0.05, 0) is 45.0 Å². The molecule has 1 fully saturated rings. The summed E-state index contributed by atoms with van der Waals surface area (Å²) in [6.45, 7) is 8.83. The first-order valence-corrected chi connectivity index (χ1v) is 10.8. The zero-order valence-corrected chi connectivity index (χ0v) is 18.6. The van der Waals surface area contributed by atoms with Crippen LogP contribution in [-0.2, 0) is 17.7 Å². The number of anilines is 2. The highest BCUT2D eigenvalue weighted by Gasteiger charge is 2.30. The fourth-order valence-corrected chi connectivity index (χ4v) is 4.30. The van der Waals surface area contributed by atoms with Crippen molar-refractivity contribution < 1.29 is 9.53 Å². The van der Waals surface area contributed by atoms with Gasteiger partial charge in [-0.15, -0.1) is 0 Å². The number of halogens is 1. The number of carbonyl (C=O) groups is 1. The third-order valence-electron chi connectivity index (χ3n) is 5.25. The maximum atomic E-state index is 12.8. The molecule has 2 aliphatic heterocycles. The van der Waals surface area contributed by atoms with E-state index in [4.69, 9.17) is 9.72 Å². The molecule has 3 heterocycles. The third-order valence-corrected chi connectivity index (χ3v) is 5.78. The number of amides is 2. The standard InChI is InChI=1S/C21H26BrN5O2/c1-13-10-27(11-14(2)29-13)20-18-12-26(9-8-19(18)23-15(3)24-20)21(28)25-17-6-4-16(22)5-7-17/h4-7,13-14H,8-12H2,1-3H3,(H,25,28). The van der Waals surface area contributed by atoms with Crippen LogP contribution in [-0.4, -0.2) is 52.7 Å². The maximum Gasteiger partial charge on any atom is 0.322 e. The first-order valence-electron chi connectivity index (χ1n) is 9.97. The molecule has 2 aliphatic rings. The van der Waals surface area contributed by atoms with Crippen LogP contribution in [0.1, 0.15) is 30.9 Å². The highest BCUT2D eigenvalue weighted by molar-refractivity contribution is 9.10. The van der Waals surface area contributed by atoms with Gasteiger partial charge in [0.2, 0.25) is 0 Å². The first kappa shape index (κ1) is 20.1. The summed E-state index contributed by atoms with van der Waals surface area (Å²) in [5.41, 5.74) is 2.88. The number of hydrogen-bond donors (Lipinski definition) is 1. The van der Waals surface area contributed by atoms with Gasteiger partial charge in [-0.1, -0.05) is 15.9 Å². The van der Waals surface area contributed by atoms with Crippen LogP contribution in [0.2, 0.25) is 0 Å². The molecular formula is C21H26BrN5O2. The van der Waals surface area contributed by atoms with Crippen LogP contribution < -0.4 is 10.2 Å². The number of carbonyl (C=O) groups excluding carboxylic acids is 1. The monoisotopic (exact) mass is 459 g/mol. The Balaban J connectivity index is 1.56. The van der Waals surface area contributed by atoms with Gasteiger partial charge in [0, 0.05) is 41.8 Å². The van der Waals surface area contributed by atoms with Crippen molar-refractivity contribution in [2.75, 3.05) is 29.9 Å². The lowest BCUT2D eigenvalue weighted by atomic mass is 10.0. The van der Waals surface area contributed by atoms with Gasteiger partial charge in [0.05, 0.1) is 24.4 Å². The molecule has 2 amide bonds. The minimum Gasteiger partial charge on any atom is -0.372 e. The van der Waals surface area contributed by atoms with Crippen LogP contribution in [0.15, 0.2) is 28.7 Å². The van der Waals surface area contributed by atoms with Gasteiger partial charge >= 0.3 is 6.03 Å². The Morgan fingerprint density at radius 1 is 1.17 bits per heavy atom. The largest absolute Gasteiger partial charge is 0.372 e. The van der Waals surface area contributed by atoms with Crippen LogP contribution in [0, 0.1) is 6.92 Å². The molecule has 8 heteroatoms. The van der Waals surface area contributed by atoms with Gasteiger partial charge in [-0.2, -0.15) is 0 Å². The molecule has 154 valence electrons. The van der Waals surface area contributed by atoms with E-state index in [2.05, 4.69) is 45.0 Å². The summed E-state index contributed by atoms with van der Waals surface area (Å²) in [7, 11) is 0. The quantitative estimate of drug-likeness (QED) is 0.740. The Labute approximate surface area is 179 Å². The summed E-state index contributed by atoms with van der Waals surface area (Å²) in [6, 6.07) is 7.49. The van der Waals surface area contributed by atoms with Gasteiger partial charge in [0.1, 0.15) is 11.6 Å². The number of rotatable bonds is 2. The molecular weight excluding hydrogens is 434 g/mol. The Morgan fingerprint density at radius 2 is 1.86 bits per heavy atom. The lowest BCUT2D eigenvalue weighted by Crippen LogP contribution is -2.47. The SMILES string of the molecule is Cc1nc2c(c(N3CC(C)OC(C)C3)n1)CN(C(=O)Nc1ccc(Br)cc1)CC2. The van der Waals surface area contributed by atoms with E-state index in [0.717, 1.165) is 52.6 Å². The number of urea groups is 1. The van der Waals surface area contributed by atoms with E-state index < -0.39 is 0 Å². The number of nitrogens with zero attached hydrogens (tertiary/aromatic N) is 4. The number of morpholine rings is 1. The lowest BCUT2D eigenvalue weighted by molar-refractivity contribution is -0.00557. The fraction of sp³-hybridized carbons (Fsp3) is 0.476. The molecule has 0 radical (unpaired) electrons. The number of aryl methyl sites for hydroxylation is 1. The number of fused-ring (bicyclic) bond motifs is 1. The van der Waals surface area contributed by atoms with Crippen LogP contribution >= 0.6 is 15.9 Å². The van der Waals surface area contributed by atoms with Crippen molar-refractivity contribution in [2.45, 2.75) is 45.9 Å². The van der Waals surface area contributed by atoms with Crippen LogP contribution in [0.4, 0.5) is 16.3 Å². The molecule has 0 bridgehead atoms. The molecule has 0 saturated carbocycles. The summed E-state index contributed by atoms with van der Waals surface area (Å²) >= 11 is 3.42. The minimum atomic E-state index is -0.104. The predicted octanol–water partition coefficient (Wildman–Crippen LogP) is 3.75.